The number of morpholine rings is 1. The first kappa shape index (κ1) is 24.2. The first-order chi connectivity index (χ1) is 16.6. The fourth-order valence-electron chi connectivity index (χ4n) is 3.60. The number of ether oxygens (including phenoxy) is 1. The lowest BCUT2D eigenvalue weighted by Gasteiger charge is -2.28. The second-order valence-electron chi connectivity index (χ2n) is 8.50. The van der Waals surface area contributed by atoms with Crippen molar-refractivity contribution in [1.82, 2.24) is 20.3 Å². The summed E-state index contributed by atoms with van der Waals surface area (Å²) in [5.74, 6) is 1.98. The molecule has 1 fully saturated rings. The van der Waals surface area contributed by atoms with Crippen molar-refractivity contribution in [3.63, 3.8) is 0 Å². The molecular formula is C26H31N5O2S. The monoisotopic (exact) mass is 477 g/mol. The average Bonchev–Trinajstić information content (AvgIpc) is 2.88. The number of hydrogen-bond acceptors (Lipinski definition) is 7. The van der Waals surface area contributed by atoms with Crippen LogP contribution in [0.4, 0.5) is 5.82 Å². The molecule has 0 aliphatic carbocycles. The minimum atomic E-state index is -0.0711. The molecule has 3 heterocycles. The second-order valence-corrected chi connectivity index (χ2v) is 9.44. The lowest BCUT2D eigenvalue weighted by Crippen LogP contribution is -2.37. The Kier molecular flexibility index (Phi) is 8.49. The third-order valence-electron chi connectivity index (χ3n) is 5.62. The number of carbonyl (C=O) groups is 1. The fourth-order valence-corrected chi connectivity index (χ4v) is 4.41. The van der Waals surface area contributed by atoms with Crippen LogP contribution in [0.25, 0.3) is 0 Å². The second kappa shape index (κ2) is 11.9. The van der Waals surface area contributed by atoms with E-state index in [0.717, 1.165) is 60.0 Å². The summed E-state index contributed by atoms with van der Waals surface area (Å²) in [5.41, 5.74) is 3.80. The largest absolute Gasteiger partial charge is 0.378 e. The Morgan fingerprint density at radius 1 is 1.12 bits per heavy atom. The van der Waals surface area contributed by atoms with Crippen LogP contribution in [0.3, 0.4) is 0 Å². The maximum atomic E-state index is 12.4. The number of benzene rings is 1. The molecule has 1 amide bonds. The fraction of sp³-hybridized carbons (Fsp3) is 0.385. The van der Waals surface area contributed by atoms with Crippen LogP contribution in [-0.2, 0) is 16.9 Å². The van der Waals surface area contributed by atoms with Gasteiger partial charge in [-0.25, -0.2) is 9.97 Å². The van der Waals surface area contributed by atoms with Crippen LogP contribution in [0.1, 0.15) is 47.1 Å². The highest BCUT2D eigenvalue weighted by Gasteiger charge is 2.16. The number of nitrogens with zero attached hydrogens (tertiary/aromatic N) is 4. The summed E-state index contributed by atoms with van der Waals surface area (Å²) in [6, 6.07) is 15.6. The Morgan fingerprint density at radius 2 is 1.91 bits per heavy atom. The maximum absolute atomic E-state index is 12.4. The number of anilines is 1. The van der Waals surface area contributed by atoms with E-state index in [2.05, 4.69) is 35.1 Å². The number of nitrogens with one attached hydrogen (secondary N) is 1. The van der Waals surface area contributed by atoms with Gasteiger partial charge in [-0.2, -0.15) is 0 Å². The lowest BCUT2D eigenvalue weighted by atomic mass is 10.1. The lowest BCUT2D eigenvalue weighted by molar-refractivity contribution is 0.0954. The van der Waals surface area contributed by atoms with Gasteiger partial charge in [0.05, 0.1) is 13.2 Å². The molecule has 178 valence electrons. The number of hydrogen-bond donors (Lipinski definition) is 1. The predicted octanol–water partition coefficient (Wildman–Crippen LogP) is 4.10. The molecule has 2 aromatic heterocycles. The SMILES string of the molecule is CC(C)c1cc(N2CCOCC2)nc(SCc2ccc(C(=O)NCCc3ccccn3)cc2)n1. The van der Waals surface area contributed by atoms with Gasteiger partial charge in [-0.15, -0.1) is 0 Å². The van der Waals surface area contributed by atoms with Gasteiger partial charge in [0.2, 0.25) is 0 Å². The molecule has 0 bridgehead atoms. The van der Waals surface area contributed by atoms with E-state index in [9.17, 15) is 4.79 Å². The molecule has 1 saturated heterocycles. The van der Waals surface area contributed by atoms with Crippen molar-refractivity contribution in [2.24, 2.45) is 0 Å². The van der Waals surface area contributed by atoms with E-state index in [0.29, 0.717) is 24.4 Å². The van der Waals surface area contributed by atoms with Gasteiger partial charge in [-0.1, -0.05) is 43.8 Å². The number of aromatic nitrogens is 3. The normalized spacial score (nSPS) is 13.8. The zero-order valence-corrected chi connectivity index (χ0v) is 20.6. The minimum Gasteiger partial charge on any atom is -0.378 e. The van der Waals surface area contributed by atoms with Gasteiger partial charge in [-0.3, -0.25) is 9.78 Å². The van der Waals surface area contributed by atoms with Gasteiger partial charge < -0.3 is 15.0 Å². The summed E-state index contributed by atoms with van der Waals surface area (Å²) >= 11 is 1.62. The van der Waals surface area contributed by atoms with Crippen LogP contribution in [0, 0.1) is 0 Å². The van der Waals surface area contributed by atoms with E-state index < -0.39 is 0 Å². The molecule has 7 nitrogen and oxygen atoms in total. The molecule has 0 saturated carbocycles. The van der Waals surface area contributed by atoms with Crippen LogP contribution < -0.4 is 10.2 Å². The van der Waals surface area contributed by atoms with Crippen molar-refractivity contribution in [3.8, 4) is 0 Å². The van der Waals surface area contributed by atoms with Crippen LogP contribution in [0.2, 0.25) is 0 Å². The van der Waals surface area contributed by atoms with E-state index in [1.165, 1.54) is 0 Å². The summed E-state index contributed by atoms with van der Waals surface area (Å²) in [4.78, 5) is 28.6. The number of carbonyl (C=O) groups excluding carboxylic acids is 1. The molecule has 1 N–H and O–H groups in total. The molecule has 4 rings (SSSR count). The first-order valence-electron chi connectivity index (χ1n) is 11.7. The molecule has 0 unspecified atom stereocenters. The summed E-state index contributed by atoms with van der Waals surface area (Å²) < 4.78 is 5.48. The van der Waals surface area contributed by atoms with Crippen LogP contribution in [-0.4, -0.2) is 53.7 Å². The summed E-state index contributed by atoms with van der Waals surface area (Å²) in [6.45, 7) is 8.02. The number of rotatable bonds is 9. The van der Waals surface area contributed by atoms with Crippen molar-refractivity contribution < 1.29 is 9.53 Å². The highest BCUT2D eigenvalue weighted by atomic mass is 32.2. The Bertz CT molecular complexity index is 1070. The topological polar surface area (TPSA) is 80.2 Å². The average molecular weight is 478 g/mol. The number of pyridine rings is 1. The third-order valence-corrected chi connectivity index (χ3v) is 6.53. The molecule has 8 heteroatoms. The standard InChI is InChI=1S/C26H31N5O2S/c1-19(2)23-17-24(31-13-15-33-16-14-31)30-26(29-23)34-18-20-6-8-21(9-7-20)25(32)28-12-10-22-5-3-4-11-27-22/h3-9,11,17,19H,10,12-16,18H2,1-2H3,(H,28,32). The number of amides is 1. The van der Waals surface area contributed by atoms with Crippen molar-refractivity contribution in [2.45, 2.75) is 37.1 Å². The van der Waals surface area contributed by atoms with Gasteiger partial charge in [0.1, 0.15) is 5.82 Å². The quantitative estimate of drug-likeness (QED) is 0.367. The van der Waals surface area contributed by atoms with Crippen LogP contribution in [0.5, 0.6) is 0 Å². The maximum Gasteiger partial charge on any atom is 0.251 e. The van der Waals surface area contributed by atoms with Crippen molar-refractivity contribution in [2.75, 3.05) is 37.7 Å². The highest BCUT2D eigenvalue weighted by molar-refractivity contribution is 7.98. The molecule has 1 aliphatic rings. The Hall–Kier alpha value is -2.97. The van der Waals surface area contributed by atoms with Gasteiger partial charge in [0.25, 0.3) is 5.91 Å². The van der Waals surface area contributed by atoms with E-state index in [-0.39, 0.29) is 5.91 Å². The molecule has 1 aliphatic heterocycles. The van der Waals surface area contributed by atoms with Gasteiger partial charge in [-0.05, 0) is 35.7 Å². The molecular weight excluding hydrogens is 446 g/mol. The summed E-state index contributed by atoms with van der Waals surface area (Å²) in [5, 5.41) is 3.74. The molecule has 1 aromatic carbocycles. The zero-order chi connectivity index (χ0) is 23.8. The Morgan fingerprint density at radius 3 is 2.62 bits per heavy atom. The van der Waals surface area contributed by atoms with Crippen molar-refractivity contribution in [3.05, 3.63) is 77.2 Å². The minimum absolute atomic E-state index is 0.0711. The molecule has 0 radical (unpaired) electrons. The first-order valence-corrected chi connectivity index (χ1v) is 12.7. The van der Waals surface area contributed by atoms with Gasteiger partial charge >= 0.3 is 0 Å². The Balaban J connectivity index is 1.33. The Labute approximate surface area is 205 Å². The molecule has 3 aromatic rings. The van der Waals surface area contributed by atoms with E-state index in [1.807, 2.05) is 42.5 Å². The predicted molar refractivity (Wildman–Crippen MR) is 135 cm³/mol. The van der Waals surface area contributed by atoms with Crippen LogP contribution in [0.15, 0.2) is 59.9 Å². The van der Waals surface area contributed by atoms with Crippen molar-refractivity contribution in [1.29, 1.82) is 0 Å². The third kappa shape index (κ3) is 6.77. The molecule has 34 heavy (non-hydrogen) atoms. The van der Waals surface area contributed by atoms with E-state index in [1.54, 1.807) is 18.0 Å². The van der Waals surface area contributed by atoms with Gasteiger partial charge in [0.15, 0.2) is 5.16 Å². The summed E-state index contributed by atoms with van der Waals surface area (Å²) in [7, 11) is 0. The smallest absolute Gasteiger partial charge is 0.251 e. The van der Waals surface area contributed by atoms with Crippen LogP contribution >= 0.6 is 11.8 Å². The van der Waals surface area contributed by atoms with E-state index in [4.69, 9.17) is 14.7 Å². The number of thioether (sulfide) groups is 1. The van der Waals surface area contributed by atoms with Crippen molar-refractivity contribution >= 4 is 23.5 Å². The van der Waals surface area contributed by atoms with Gasteiger partial charge in [0, 0.05) is 61.0 Å². The summed E-state index contributed by atoms with van der Waals surface area (Å²) in [6.07, 6.45) is 2.48. The van der Waals surface area contributed by atoms with E-state index >= 15 is 0 Å². The molecule has 0 spiro atoms. The zero-order valence-electron chi connectivity index (χ0n) is 19.7. The molecule has 0 atom stereocenters. The highest BCUT2D eigenvalue weighted by Crippen LogP contribution is 2.26.